The average molecular weight is 574 g/mol. The summed E-state index contributed by atoms with van der Waals surface area (Å²) in [5.41, 5.74) is 2.50. The Hall–Kier alpha value is -4.01. The molecule has 1 aromatic heterocycles. The van der Waals surface area contributed by atoms with E-state index >= 15 is 0 Å². The summed E-state index contributed by atoms with van der Waals surface area (Å²) in [5, 5.41) is 10.3. The maximum Gasteiger partial charge on any atom is 0.350 e. The second kappa shape index (κ2) is 12.1. The van der Waals surface area contributed by atoms with Crippen LogP contribution in [0.25, 0.3) is 11.1 Å². The Labute approximate surface area is 248 Å². The smallest absolute Gasteiger partial charge is 0.350 e. The number of carbonyl (C=O) groups excluding carboxylic acids is 2. The zero-order valence-corrected chi connectivity index (χ0v) is 25.4. The van der Waals surface area contributed by atoms with Crippen LogP contribution in [0.4, 0.5) is 10.5 Å². The van der Waals surface area contributed by atoms with Gasteiger partial charge in [-0.2, -0.15) is 5.10 Å². The minimum Gasteiger partial charge on any atom is -0.476 e. The highest BCUT2D eigenvalue weighted by Gasteiger charge is 2.36. The zero-order chi connectivity index (χ0) is 29.9. The molecule has 2 aliphatic rings. The van der Waals surface area contributed by atoms with Gasteiger partial charge in [0.25, 0.3) is 0 Å². The molecule has 0 bridgehead atoms. The summed E-state index contributed by atoms with van der Waals surface area (Å²) in [6, 6.07) is 16.4. The van der Waals surface area contributed by atoms with Crippen molar-refractivity contribution in [1.29, 1.82) is 0 Å². The summed E-state index contributed by atoms with van der Waals surface area (Å²) >= 11 is 0. The second-order valence-electron chi connectivity index (χ2n) is 12.9. The van der Waals surface area contributed by atoms with Crippen LogP contribution in [-0.4, -0.2) is 63.5 Å². The molecule has 0 unspecified atom stereocenters. The summed E-state index contributed by atoms with van der Waals surface area (Å²) in [6.07, 6.45) is 7.66. The number of benzene rings is 2. The quantitative estimate of drug-likeness (QED) is 0.309. The monoisotopic (exact) mass is 573 g/mol. The minimum atomic E-state index is -1.13. The first-order valence-corrected chi connectivity index (χ1v) is 14.9. The van der Waals surface area contributed by atoms with Crippen molar-refractivity contribution in [3.05, 3.63) is 66.5 Å². The summed E-state index contributed by atoms with van der Waals surface area (Å²) < 4.78 is 11.7. The third kappa shape index (κ3) is 7.63. The zero-order valence-electron chi connectivity index (χ0n) is 25.4. The molecule has 2 fully saturated rings. The number of nitrogens with zero attached hydrogens (tertiary/aromatic N) is 3. The molecule has 2 heterocycles. The van der Waals surface area contributed by atoms with Crippen molar-refractivity contribution in [3.63, 3.8) is 0 Å². The van der Waals surface area contributed by atoms with E-state index in [1.165, 1.54) is 0 Å². The van der Waals surface area contributed by atoms with Gasteiger partial charge in [-0.1, -0.05) is 24.3 Å². The average Bonchev–Trinajstić information content (AvgIpc) is 3.63. The summed E-state index contributed by atoms with van der Waals surface area (Å²) in [5.74, 6) is 0.196. The lowest BCUT2D eigenvalue weighted by Gasteiger charge is -2.36. The standard InChI is InChI=1S/C33H43N5O4/c1-32(2,3)42-30(39)33(4,5)41-29-13-7-12-28(18-29)37-16-8-11-26(22-37)36-31(40)38(27-14-15-27)21-23-9-6-10-24(17-23)25-19-34-35-20-25/h6-7,9-10,12-13,17-20,26-27H,8,11,14-16,21-22H2,1-5H3,(H,34,35)(H,36,40)/t26-/m0/s1. The highest BCUT2D eigenvalue weighted by molar-refractivity contribution is 5.79. The lowest BCUT2D eigenvalue weighted by atomic mass is 10.0. The van der Waals surface area contributed by atoms with Gasteiger partial charge in [-0.3, -0.25) is 5.10 Å². The SMILES string of the molecule is CC(C)(C)OC(=O)C(C)(C)Oc1cccc(N2CCC[C@H](NC(=O)N(Cc3cccc(-c4cn[nH]c4)c3)C3CC3)C2)c1. The Morgan fingerprint density at radius 3 is 2.55 bits per heavy atom. The van der Waals surface area contributed by atoms with Gasteiger partial charge in [0.1, 0.15) is 11.4 Å². The van der Waals surface area contributed by atoms with Crippen LogP contribution in [0.2, 0.25) is 0 Å². The van der Waals surface area contributed by atoms with Gasteiger partial charge >= 0.3 is 12.0 Å². The molecule has 42 heavy (non-hydrogen) atoms. The molecule has 2 N–H and O–H groups in total. The number of hydrogen-bond donors (Lipinski definition) is 2. The third-order valence-electron chi connectivity index (χ3n) is 7.56. The molecule has 2 amide bonds. The number of anilines is 1. The Bertz CT molecular complexity index is 1380. The van der Waals surface area contributed by atoms with E-state index in [4.69, 9.17) is 9.47 Å². The van der Waals surface area contributed by atoms with Crippen LogP contribution in [0, 0.1) is 0 Å². The van der Waals surface area contributed by atoms with Gasteiger partial charge in [-0.05, 0) is 89.6 Å². The van der Waals surface area contributed by atoms with Gasteiger partial charge in [-0.15, -0.1) is 0 Å². The second-order valence-corrected chi connectivity index (χ2v) is 12.9. The van der Waals surface area contributed by atoms with E-state index in [2.05, 4.69) is 38.6 Å². The number of hydrogen-bond acceptors (Lipinski definition) is 6. The molecule has 5 rings (SSSR count). The predicted octanol–water partition coefficient (Wildman–Crippen LogP) is 5.92. The van der Waals surface area contributed by atoms with Crippen LogP contribution in [0.15, 0.2) is 60.9 Å². The number of piperidine rings is 1. The molecule has 0 radical (unpaired) electrons. The van der Waals surface area contributed by atoms with Crippen molar-refractivity contribution in [2.75, 3.05) is 18.0 Å². The number of ether oxygens (including phenoxy) is 2. The van der Waals surface area contributed by atoms with E-state index < -0.39 is 17.2 Å². The topological polar surface area (TPSA) is 99.8 Å². The van der Waals surface area contributed by atoms with Crippen LogP contribution in [0.1, 0.15) is 65.9 Å². The normalized spacial score (nSPS) is 17.5. The Balaban J connectivity index is 1.21. The Morgan fingerprint density at radius 1 is 1.05 bits per heavy atom. The minimum absolute atomic E-state index is 0.00532. The first-order chi connectivity index (χ1) is 20.0. The number of esters is 1. The molecule has 1 saturated carbocycles. The van der Waals surface area contributed by atoms with E-state index in [0.29, 0.717) is 18.8 Å². The fourth-order valence-electron chi connectivity index (χ4n) is 5.28. The number of H-pyrrole nitrogens is 1. The van der Waals surface area contributed by atoms with Crippen LogP contribution < -0.4 is 15.0 Å². The number of aromatic nitrogens is 2. The third-order valence-corrected chi connectivity index (χ3v) is 7.56. The molecule has 3 aromatic rings. The number of urea groups is 1. The van der Waals surface area contributed by atoms with Crippen molar-refractivity contribution in [3.8, 4) is 16.9 Å². The maximum absolute atomic E-state index is 13.5. The molecule has 2 aromatic carbocycles. The lowest BCUT2D eigenvalue weighted by molar-refractivity contribution is -0.170. The maximum atomic E-state index is 13.5. The first kappa shape index (κ1) is 29.5. The summed E-state index contributed by atoms with van der Waals surface area (Å²) in [6.45, 7) is 11.1. The number of rotatable bonds is 9. The highest BCUT2D eigenvalue weighted by Crippen LogP contribution is 2.31. The molecule has 1 aliphatic heterocycles. The number of nitrogens with one attached hydrogen (secondary N) is 2. The molecule has 1 saturated heterocycles. The van der Waals surface area contributed by atoms with Crippen LogP contribution in [0.3, 0.4) is 0 Å². The fraction of sp³-hybridized carbons (Fsp3) is 0.485. The van der Waals surface area contributed by atoms with E-state index in [9.17, 15) is 9.59 Å². The van der Waals surface area contributed by atoms with Gasteiger partial charge in [0.05, 0.1) is 6.20 Å². The molecule has 1 atom stereocenters. The molecule has 0 spiro atoms. The molecule has 9 nitrogen and oxygen atoms in total. The van der Waals surface area contributed by atoms with Gasteiger partial charge in [0, 0.05) is 55.2 Å². The number of aromatic amines is 1. The predicted molar refractivity (Wildman–Crippen MR) is 163 cm³/mol. The van der Waals surface area contributed by atoms with Gasteiger partial charge in [0.2, 0.25) is 0 Å². The number of carbonyl (C=O) groups is 2. The lowest BCUT2D eigenvalue weighted by Crippen LogP contribution is -2.52. The molecular weight excluding hydrogens is 530 g/mol. The van der Waals surface area contributed by atoms with E-state index in [-0.39, 0.29) is 18.1 Å². The first-order valence-electron chi connectivity index (χ1n) is 14.9. The van der Waals surface area contributed by atoms with Crippen molar-refractivity contribution < 1.29 is 19.1 Å². The molecule has 9 heteroatoms. The Kier molecular flexibility index (Phi) is 8.48. The van der Waals surface area contributed by atoms with Crippen molar-refractivity contribution in [2.24, 2.45) is 0 Å². The highest BCUT2D eigenvalue weighted by atomic mass is 16.6. The van der Waals surface area contributed by atoms with E-state index in [0.717, 1.165) is 54.6 Å². The fourth-order valence-corrected chi connectivity index (χ4v) is 5.28. The van der Waals surface area contributed by atoms with Crippen LogP contribution >= 0.6 is 0 Å². The van der Waals surface area contributed by atoms with Gasteiger partial charge < -0.3 is 24.6 Å². The molecule has 1 aliphatic carbocycles. The van der Waals surface area contributed by atoms with Gasteiger partial charge in [-0.25, -0.2) is 9.59 Å². The number of amides is 2. The van der Waals surface area contributed by atoms with E-state index in [1.807, 2.05) is 68.4 Å². The van der Waals surface area contributed by atoms with Gasteiger partial charge in [0.15, 0.2) is 5.60 Å². The van der Waals surface area contributed by atoms with Crippen molar-refractivity contribution in [1.82, 2.24) is 20.4 Å². The largest absolute Gasteiger partial charge is 0.476 e. The summed E-state index contributed by atoms with van der Waals surface area (Å²) in [7, 11) is 0. The van der Waals surface area contributed by atoms with Crippen LogP contribution in [-0.2, 0) is 16.1 Å². The van der Waals surface area contributed by atoms with Crippen molar-refractivity contribution >= 4 is 17.7 Å². The molecule has 224 valence electrons. The Morgan fingerprint density at radius 2 is 1.83 bits per heavy atom. The summed E-state index contributed by atoms with van der Waals surface area (Å²) in [4.78, 5) is 30.5. The molecular formula is C33H43N5O4. The van der Waals surface area contributed by atoms with Crippen molar-refractivity contribution in [2.45, 2.75) is 90.1 Å². The van der Waals surface area contributed by atoms with E-state index in [1.54, 1.807) is 13.8 Å². The van der Waals surface area contributed by atoms with Crippen LogP contribution in [0.5, 0.6) is 5.75 Å².